The van der Waals surface area contributed by atoms with E-state index in [0.29, 0.717) is 0 Å². The number of thioether (sulfide) groups is 1. The van der Waals surface area contributed by atoms with E-state index in [2.05, 4.69) is 4.98 Å². The van der Waals surface area contributed by atoms with Crippen molar-refractivity contribution in [3.05, 3.63) is 29.6 Å². The molecule has 60 valence electrons. The summed E-state index contributed by atoms with van der Waals surface area (Å²) in [6, 6.07) is 5.71. The third kappa shape index (κ3) is 2.52. The van der Waals surface area contributed by atoms with Crippen LogP contribution in [0.2, 0.25) is 0 Å². The number of hydrogen-bond donors (Lipinski definition) is 1. The lowest BCUT2D eigenvalue weighted by molar-refractivity contribution is 0.276. The van der Waals surface area contributed by atoms with Crippen molar-refractivity contribution >= 4 is 11.8 Å². The number of hydrogen-bond acceptors (Lipinski definition) is 3. The maximum Gasteiger partial charge on any atom is 0.0853 e. The maximum absolute atomic E-state index is 8.76. The molecule has 0 saturated carbocycles. The molecule has 1 aromatic heterocycles. The lowest BCUT2D eigenvalue weighted by Crippen LogP contribution is -1.92. The van der Waals surface area contributed by atoms with Gasteiger partial charge in [-0.1, -0.05) is 6.07 Å². The van der Waals surface area contributed by atoms with Gasteiger partial charge < -0.3 is 5.11 Å². The fourth-order valence-corrected chi connectivity index (χ4v) is 1.30. The summed E-state index contributed by atoms with van der Waals surface area (Å²) in [5.41, 5.74) is 1.78. The monoisotopic (exact) mass is 169 g/mol. The first-order valence-electron chi connectivity index (χ1n) is 3.41. The van der Waals surface area contributed by atoms with E-state index in [1.165, 1.54) is 0 Å². The second kappa shape index (κ2) is 4.36. The van der Waals surface area contributed by atoms with Crippen LogP contribution in [0.25, 0.3) is 0 Å². The van der Waals surface area contributed by atoms with Crippen molar-refractivity contribution in [3.8, 4) is 0 Å². The zero-order chi connectivity index (χ0) is 8.10. The fraction of sp³-hybridized carbons (Fsp3) is 0.375. The van der Waals surface area contributed by atoms with Crippen LogP contribution < -0.4 is 0 Å². The average Bonchev–Trinajstić information content (AvgIpc) is 2.06. The normalized spacial score (nSPS) is 10.0. The smallest absolute Gasteiger partial charge is 0.0853 e. The average molecular weight is 169 g/mol. The van der Waals surface area contributed by atoms with Gasteiger partial charge in [0.25, 0.3) is 0 Å². The summed E-state index contributed by atoms with van der Waals surface area (Å²) in [5, 5.41) is 8.76. The Morgan fingerprint density at radius 3 is 2.82 bits per heavy atom. The van der Waals surface area contributed by atoms with Gasteiger partial charge in [0.1, 0.15) is 0 Å². The molecule has 1 aromatic rings. The van der Waals surface area contributed by atoms with Crippen LogP contribution in [0.5, 0.6) is 0 Å². The van der Waals surface area contributed by atoms with Crippen LogP contribution >= 0.6 is 11.8 Å². The van der Waals surface area contributed by atoms with Gasteiger partial charge in [0, 0.05) is 5.75 Å². The first-order chi connectivity index (χ1) is 5.36. The van der Waals surface area contributed by atoms with E-state index in [-0.39, 0.29) is 6.61 Å². The fourth-order valence-electron chi connectivity index (χ4n) is 0.846. The number of aliphatic hydroxyl groups excluding tert-OH is 1. The second-order valence-corrected chi connectivity index (χ2v) is 3.08. The van der Waals surface area contributed by atoms with E-state index in [9.17, 15) is 0 Å². The van der Waals surface area contributed by atoms with E-state index in [4.69, 9.17) is 5.11 Å². The summed E-state index contributed by atoms with van der Waals surface area (Å²) < 4.78 is 0. The standard InChI is InChI=1S/C8H11NOS/c1-11-6-8-4-2-3-7(5-10)9-8/h2-4,10H,5-6H2,1H3. The van der Waals surface area contributed by atoms with Crippen LogP contribution in [0, 0.1) is 0 Å². The van der Waals surface area contributed by atoms with Crippen LogP contribution in [-0.4, -0.2) is 16.3 Å². The Labute approximate surface area is 70.7 Å². The number of aliphatic hydroxyl groups is 1. The molecule has 0 aliphatic rings. The predicted molar refractivity (Wildman–Crippen MR) is 47.4 cm³/mol. The summed E-state index contributed by atoms with van der Waals surface area (Å²) in [6.45, 7) is 0.0300. The highest BCUT2D eigenvalue weighted by Gasteiger charge is 1.94. The zero-order valence-electron chi connectivity index (χ0n) is 6.45. The first kappa shape index (κ1) is 8.56. The van der Waals surface area contributed by atoms with Crippen molar-refractivity contribution in [2.75, 3.05) is 6.26 Å². The van der Waals surface area contributed by atoms with Crippen molar-refractivity contribution in [3.63, 3.8) is 0 Å². The van der Waals surface area contributed by atoms with Crippen LogP contribution in [-0.2, 0) is 12.4 Å². The maximum atomic E-state index is 8.76. The van der Waals surface area contributed by atoms with Crippen molar-refractivity contribution in [2.45, 2.75) is 12.4 Å². The summed E-state index contributed by atoms with van der Waals surface area (Å²) in [7, 11) is 0. The molecule has 0 fully saturated rings. The van der Waals surface area contributed by atoms with Crippen LogP contribution in [0.15, 0.2) is 18.2 Å². The van der Waals surface area contributed by atoms with Crippen LogP contribution in [0.3, 0.4) is 0 Å². The minimum atomic E-state index is 0.0300. The van der Waals surface area contributed by atoms with Gasteiger partial charge in [-0.2, -0.15) is 11.8 Å². The van der Waals surface area contributed by atoms with Crippen LogP contribution in [0.4, 0.5) is 0 Å². The molecule has 1 N–H and O–H groups in total. The van der Waals surface area contributed by atoms with Gasteiger partial charge in [-0.15, -0.1) is 0 Å². The highest BCUT2D eigenvalue weighted by molar-refractivity contribution is 7.97. The summed E-state index contributed by atoms with van der Waals surface area (Å²) >= 11 is 1.73. The highest BCUT2D eigenvalue weighted by Crippen LogP contribution is 2.06. The second-order valence-electron chi connectivity index (χ2n) is 2.21. The van der Waals surface area contributed by atoms with Crippen molar-refractivity contribution in [1.82, 2.24) is 4.98 Å². The summed E-state index contributed by atoms with van der Waals surface area (Å²) in [5.74, 6) is 0.911. The SMILES string of the molecule is CSCc1cccc(CO)n1. The third-order valence-electron chi connectivity index (χ3n) is 1.32. The third-order valence-corrected chi connectivity index (χ3v) is 1.90. The molecular formula is C8H11NOS. The first-order valence-corrected chi connectivity index (χ1v) is 4.81. The Hall–Kier alpha value is -0.540. The highest BCUT2D eigenvalue weighted by atomic mass is 32.2. The number of rotatable bonds is 3. The Kier molecular flexibility index (Phi) is 3.39. The Morgan fingerprint density at radius 1 is 1.45 bits per heavy atom. The van der Waals surface area contributed by atoms with Gasteiger partial charge in [0.2, 0.25) is 0 Å². The molecule has 11 heavy (non-hydrogen) atoms. The van der Waals surface area contributed by atoms with Crippen molar-refractivity contribution in [1.29, 1.82) is 0 Å². The number of aromatic nitrogens is 1. The molecular weight excluding hydrogens is 158 g/mol. The van der Waals surface area contributed by atoms with E-state index >= 15 is 0 Å². The molecule has 0 aliphatic carbocycles. The van der Waals surface area contributed by atoms with E-state index in [1.54, 1.807) is 11.8 Å². The zero-order valence-corrected chi connectivity index (χ0v) is 7.27. The van der Waals surface area contributed by atoms with Crippen molar-refractivity contribution < 1.29 is 5.11 Å². The van der Waals surface area contributed by atoms with Gasteiger partial charge in [-0.3, -0.25) is 4.98 Å². The van der Waals surface area contributed by atoms with E-state index in [0.717, 1.165) is 17.1 Å². The largest absolute Gasteiger partial charge is 0.390 e. The number of nitrogens with zero attached hydrogens (tertiary/aromatic N) is 1. The Bertz CT molecular complexity index is 227. The molecule has 0 spiro atoms. The molecule has 0 saturated heterocycles. The molecule has 2 nitrogen and oxygen atoms in total. The molecule has 0 radical (unpaired) electrons. The topological polar surface area (TPSA) is 33.1 Å². The molecule has 0 unspecified atom stereocenters. The quantitative estimate of drug-likeness (QED) is 0.743. The molecule has 0 aliphatic heterocycles. The van der Waals surface area contributed by atoms with E-state index in [1.807, 2.05) is 24.5 Å². The molecule has 0 aromatic carbocycles. The lowest BCUT2D eigenvalue weighted by Gasteiger charge is -1.99. The molecule has 0 atom stereocenters. The van der Waals surface area contributed by atoms with Gasteiger partial charge in [-0.25, -0.2) is 0 Å². The van der Waals surface area contributed by atoms with Gasteiger partial charge in [0.05, 0.1) is 18.0 Å². The molecule has 3 heteroatoms. The van der Waals surface area contributed by atoms with Crippen molar-refractivity contribution in [2.24, 2.45) is 0 Å². The molecule has 0 amide bonds. The minimum Gasteiger partial charge on any atom is -0.390 e. The van der Waals surface area contributed by atoms with Gasteiger partial charge in [-0.05, 0) is 18.4 Å². The molecule has 1 rings (SSSR count). The van der Waals surface area contributed by atoms with Gasteiger partial charge in [0.15, 0.2) is 0 Å². The van der Waals surface area contributed by atoms with Crippen LogP contribution in [0.1, 0.15) is 11.4 Å². The van der Waals surface area contributed by atoms with E-state index < -0.39 is 0 Å². The Balaban J connectivity index is 2.74. The van der Waals surface area contributed by atoms with Gasteiger partial charge >= 0.3 is 0 Å². The number of pyridine rings is 1. The summed E-state index contributed by atoms with van der Waals surface area (Å²) in [6.07, 6.45) is 2.04. The summed E-state index contributed by atoms with van der Waals surface area (Å²) in [4.78, 5) is 4.21. The lowest BCUT2D eigenvalue weighted by atomic mass is 10.3. The minimum absolute atomic E-state index is 0.0300. The molecule has 0 bridgehead atoms. The molecule has 1 heterocycles. The Morgan fingerprint density at radius 2 is 2.18 bits per heavy atom. The predicted octanol–water partition coefficient (Wildman–Crippen LogP) is 1.44.